The van der Waals surface area contributed by atoms with E-state index in [1.54, 1.807) is 18.0 Å². The first-order chi connectivity index (χ1) is 15.9. The number of para-hydroxylation sites is 1. The Bertz CT molecular complexity index is 1080. The first kappa shape index (κ1) is 20.9. The smallest absolute Gasteiger partial charge is 0.329 e. The highest BCUT2D eigenvalue weighted by molar-refractivity contribution is 6.10. The van der Waals surface area contributed by atoms with E-state index in [0.29, 0.717) is 36.3 Å². The van der Waals surface area contributed by atoms with Gasteiger partial charge in [0.05, 0.1) is 5.41 Å². The number of carbonyl (C=O) groups is 3. The van der Waals surface area contributed by atoms with Crippen LogP contribution in [-0.4, -0.2) is 46.2 Å². The zero-order valence-electron chi connectivity index (χ0n) is 19.2. The Balaban J connectivity index is 1.16. The molecule has 4 saturated carbocycles. The number of hydrogen-bond donors (Lipinski definition) is 1. The number of rotatable bonds is 5. The maximum absolute atomic E-state index is 13.8. The van der Waals surface area contributed by atoms with E-state index in [2.05, 4.69) is 4.98 Å². The molecule has 33 heavy (non-hydrogen) atoms. The number of fused-ring (bicyclic) bond motifs is 1. The van der Waals surface area contributed by atoms with Crippen LogP contribution in [0.3, 0.4) is 0 Å². The highest BCUT2D eigenvalue weighted by Crippen LogP contribution is 2.60. The number of carbonyl (C=O) groups excluding carboxylic acids is 3. The van der Waals surface area contributed by atoms with Crippen LogP contribution in [0.2, 0.25) is 0 Å². The van der Waals surface area contributed by atoms with Crippen molar-refractivity contribution >= 4 is 28.6 Å². The standard InChI is InChI=1S/C27H32N2O4/c1-16(24(30)21-15-28-22-6-3-2-5-20(21)22)33-25(31)23-7-4-8-29(23)26(32)27-12-17-9-18(13-27)11-19(10-17)14-27/h2-3,5-6,15-19,23,28H,4,7-14H2,1H3/t16-,17?,18?,19?,23-,27?/m1/s1. The van der Waals surface area contributed by atoms with E-state index in [1.165, 1.54) is 19.3 Å². The summed E-state index contributed by atoms with van der Waals surface area (Å²) in [5.74, 6) is 1.56. The van der Waals surface area contributed by atoms with Crippen LogP contribution in [0.25, 0.3) is 10.9 Å². The highest BCUT2D eigenvalue weighted by atomic mass is 16.5. The van der Waals surface area contributed by atoms with Crippen LogP contribution in [0.4, 0.5) is 0 Å². The van der Waals surface area contributed by atoms with E-state index in [4.69, 9.17) is 4.74 Å². The molecule has 0 unspecified atom stereocenters. The third-order valence-electron chi connectivity index (χ3n) is 8.79. The normalized spacial score (nSPS) is 33.4. The van der Waals surface area contributed by atoms with Crippen LogP contribution in [0, 0.1) is 23.2 Å². The topological polar surface area (TPSA) is 79.5 Å². The van der Waals surface area contributed by atoms with Gasteiger partial charge in [-0.3, -0.25) is 9.59 Å². The molecule has 4 aliphatic carbocycles. The molecule has 2 heterocycles. The number of aromatic nitrogens is 1. The Labute approximate surface area is 194 Å². The maximum Gasteiger partial charge on any atom is 0.329 e. The molecule has 7 rings (SSSR count). The van der Waals surface area contributed by atoms with Crippen molar-refractivity contribution in [2.45, 2.75) is 70.4 Å². The molecule has 1 aliphatic heterocycles. The number of nitrogens with one attached hydrogen (secondary N) is 1. The number of amides is 1. The van der Waals surface area contributed by atoms with E-state index >= 15 is 0 Å². The molecule has 1 aromatic heterocycles. The number of ketones is 1. The van der Waals surface area contributed by atoms with Crippen LogP contribution < -0.4 is 0 Å². The molecule has 2 aromatic rings. The van der Waals surface area contributed by atoms with Gasteiger partial charge in [0, 0.05) is 29.2 Å². The summed E-state index contributed by atoms with van der Waals surface area (Å²) in [7, 11) is 0. The number of benzene rings is 1. The van der Waals surface area contributed by atoms with Crippen molar-refractivity contribution in [3.05, 3.63) is 36.0 Å². The lowest BCUT2D eigenvalue weighted by Crippen LogP contribution is -2.56. The molecule has 6 nitrogen and oxygen atoms in total. The van der Waals surface area contributed by atoms with Crippen molar-refractivity contribution in [1.29, 1.82) is 0 Å². The number of esters is 1. The largest absolute Gasteiger partial charge is 0.453 e. The zero-order valence-corrected chi connectivity index (χ0v) is 19.2. The summed E-state index contributed by atoms with van der Waals surface area (Å²) in [4.78, 5) is 44.9. The van der Waals surface area contributed by atoms with Gasteiger partial charge in [-0.1, -0.05) is 18.2 Å². The number of Topliss-reactive ketones (excluding diaryl/α,β-unsaturated/α-hetero) is 1. The quantitative estimate of drug-likeness (QED) is 0.540. The fourth-order valence-electron chi connectivity index (χ4n) is 7.73. The predicted molar refractivity (Wildman–Crippen MR) is 124 cm³/mol. The van der Waals surface area contributed by atoms with E-state index in [1.807, 2.05) is 24.3 Å². The minimum atomic E-state index is -0.895. The van der Waals surface area contributed by atoms with Crippen molar-refractivity contribution in [3.63, 3.8) is 0 Å². The lowest BCUT2D eigenvalue weighted by atomic mass is 9.49. The van der Waals surface area contributed by atoms with Crippen LogP contribution in [0.15, 0.2) is 30.5 Å². The summed E-state index contributed by atoms with van der Waals surface area (Å²) in [5.41, 5.74) is 1.14. The van der Waals surface area contributed by atoms with Crippen LogP contribution >= 0.6 is 0 Å². The SMILES string of the molecule is C[C@@H](OC(=O)[C@H]1CCCN1C(=O)C12CC3CC(CC(C3)C1)C2)C(=O)c1c[nH]c2ccccc12. The van der Waals surface area contributed by atoms with Crippen molar-refractivity contribution in [2.24, 2.45) is 23.2 Å². The van der Waals surface area contributed by atoms with Crippen molar-refractivity contribution in [2.75, 3.05) is 6.54 Å². The first-order valence-electron chi connectivity index (χ1n) is 12.6. The Hall–Kier alpha value is -2.63. The first-order valence-corrected chi connectivity index (χ1v) is 12.6. The van der Waals surface area contributed by atoms with Gasteiger partial charge in [-0.25, -0.2) is 4.79 Å². The molecule has 5 fully saturated rings. The van der Waals surface area contributed by atoms with Crippen LogP contribution in [-0.2, 0) is 14.3 Å². The second-order valence-electron chi connectivity index (χ2n) is 11.0. The summed E-state index contributed by atoms with van der Waals surface area (Å²) in [6.45, 7) is 2.24. The van der Waals surface area contributed by atoms with E-state index in [0.717, 1.165) is 36.6 Å². The molecule has 4 bridgehead atoms. The second kappa shape index (κ2) is 7.71. The van der Waals surface area contributed by atoms with Gasteiger partial charge in [0.1, 0.15) is 6.04 Å². The van der Waals surface area contributed by atoms with Crippen molar-refractivity contribution < 1.29 is 19.1 Å². The molecule has 0 spiro atoms. The molecule has 0 radical (unpaired) electrons. The lowest BCUT2D eigenvalue weighted by molar-refractivity contribution is -0.166. The van der Waals surface area contributed by atoms with E-state index in [-0.39, 0.29) is 17.1 Å². The third-order valence-corrected chi connectivity index (χ3v) is 8.79. The minimum absolute atomic E-state index is 0.177. The van der Waals surface area contributed by atoms with Gasteiger partial charge in [0.15, 0.2) is 6.10 Å². The summed E-state index contributed by atoms with van der Waals surface area (Å²) in [5, 5.41) is 0.824. The summed E-state index contributed by atoms with van der Waals surface area (Å²) >= 11 is 0. The van der Waals surface area contributed by atoms with Gasteiger partial charge in [-0.15, -0.1) is 0 Å². The van der Waals surface area contributed by atoms with E-state index in [9.17, 15) is 14.4 Å². The molecule has 1 amide bonds. The number of likely N-dealkylation sites (tertiary alicyclic amines) is 1. The van der Waals surface area contributed by atoms with Gasteiger partial charge in [-0.2, -0.15) is 0 Å². The lowest BCUT2D eigenvalue weighted by Gasteiger charge is -2.56. The Kier molecular flexibility index (Phi) is 4.89. The van der Waals surface area contributed by atoms with Crippen molar-refractivity contribution in [3.8, 4) is 0 Å². The zero-order chi connectivity index (χ0) is 22.7. The average molecular weight is 449 g/mol. The molecule has 5 aliphatic rings. The predicted octanol–water partition coefficient (Wildman–Crippen LogP) is 4.49. The number of hydrogen-bond acceptors (Lipinski definition) is 4. The summed E-state index contributed by atoms with van der Waals surface area (Å²) < 4.78 is 5.67. The molecule has 1 saturated heterocycles. The number of nitrogens with zero attached hydrogens (tertiary/aromatic N) is 1. The fraction of sp³-hybridized carbons (Fsp3) is 0.593. The Morgan fingerprint density at radius 3 is 2.42 bits per heavy atom. The van der Waals surface area contributed by atoms with Crippen molar-refractivity contribution in [1.82, 2.24) is 9.88 Å². The molecule has 2 atom stereocenters. The molecule has 1 aromatic carbocycles. The summed E-state index contributed by atoms with van der Waals surface area (Å²) in [6.07, 6.45) is 9.03. The van der Waals surface area contributed by atoms with Gasteiger partial charge in [-0.05, 0) is 82.1 Å². The Morgan fingerprint density at radius 2 is 1.73 bits per heavy atom. The van der Waals surface area contributed by atoms with Crippen LogP contribution in [0.5, 0.6) is 0 Å². The Morgan fingerprint density at radius 1 is 1.06 bits per heavy atom. The monoisotopic (exact) mass is 448 g/mol. The maximum atomic E-state index is 13.8. The van der Waals surface area contributed by atoms with E-state index < -0.39 is 18.1 Å². The number of H-pyrrole nitrogens is 1. The molecular weight excluding hydrogens is 416 g/mol. The third kappa shape index (κ3) is 3.41. The van der Waals surface area contributed by atoms with Gasteiger partial charge >= 0.3 is 5.97 Å². The minimum Gasteiger partial charge on any atom is -0.453 e. The molecular formula is C27H32N2O4. The number of ether oxygens (including phenoxy) is 1. The fourth-order valence-corrected chi connectivity index (χ4v) is 7.73. The van der Waals surface area contributed by atoms with Crippen LogP contribution in [0.1, 0.15) is 68.6 Å². The van der Waals surface area contributed by atoms with Gasteiger partial charge < -0.3 is 14.6 Å². The summed E-state index contributed by atoms with van der Waals surface area (Å²) in [6, 6.07) is 7.03. The average Bonchev–Trinajstić information content (AvgIpc) is 3.44. The molecule has 1 N–H and O–H groups in total. The second-order valence-corrected chi connectivity index (χ2v) is 11.0. The molecule has 174 valence electrons. The van der Waals surface area contributed by atoms with Gasteiger partial charge in [0.25, 0.3) is 0 Å². The molecule has 6 heteroatoms. The van der Waals surface area contributed by atoms with Gasteiger partial charge in [0.2, 0.25) is 11.7 Å². The number of aromatic amines is 1. The highest BCUT2D eigenvalue weighted by Gasteiger charge is 2.57.